The summed E-state index contributed by atoms with van der Waals surface area (Å²) in [5.74, 6) is 0.651. The molecule has 0 saturated heterocycles. The molecule has 0 aliphatic rings. The molecule has 2 nitrogen and oxygen atoms in total. The van der Waals surface area contributed by atoms with Crippen molar-refractivity contribution < 1.29 is 0 Å². The Morgan fingerprint density at radius 2 is 2.08 bits per heavy atom. The van der Waals surface area contributed by atoms with E-state index >= 15 is 0 Å². The van der Waals surface area contributed by atoms with Crippen LogP contribution in [0.15, 0.2) is 0 Å². The van der Waals surface area contributed by atoms with Gasteiger partial charge < -0.3 is 10.2 Å². The van der Waals surface area contributed by atoms with Crippen molar-refractivity contribution in [2.45, 2.75) is 27.2 Å². The van der Waals surface area contributed by atoms with E-state index in [4.69, 9.17) is 12.2 Å². The van der Waals surface area contributed by atoms with Crippen LogP contribution in [-0.2, 0) is 0 Å². The largest absolute Gasteiger partial charge is 0.362 e. The van der Waals surface area contributed by atoms with Gasteiger partial charge in [0.25, 0.3) is 0 Å². The van der Waals surface area contributed by atoms with Crippen LogP contribution in [-0.4, -0.2) is 30.1 Å². The van der Waals surface area contributed by atoms with Crippen LogP contribution in [0.25, 0.3) is 0 Å². The van der Waals surface area contributed by atoms with E-state index in [0.29, 0.717) is 5.92 Å². The van der Waals surface area contributed by atoms with E-state index in [1.807, 2.05) is 7.05 Å². The van der Waals surface area contributed by atoms with Crippen molar-refractivity contribution >= 4 is 17.3 Å². The predicted molar refractivity (Wildman–Crippen MR) is 58.4 cm³/mol. The van der Waals surface area contributed by atoms with Gasteiger partial charge in [-0.15, -0.1) is 0 Å². The van der Waals surface area contributed by atoms with Gasteiger partial charge in [0.15, 0.2) is 5.11 Å². The van der Waals surface area contributed by atoms with Gasteiger partial charge in [-0.25, -0.2) is 0 Å². The zero-order valence-corrected chi connectivity index (χ0v) is 9.37. The fourth-order valence-corrected chi connectivity index (χ4v) is 1.04. The molecule has 0 rings (SSSR count). The van der Waals surface area contributed by atoms with E-state index in [1.54, 1.807) is 0 Å². The van der Waals surface area contributed by atoms with Gasteiger partial charge >= 0.3 is 0 Å². The van der Waals surface area contributed by atoms with Gasteiger partial charge in [0.05, 0.1) is 0 Å². The second-order valence-electron chi connectivity index (χ2n) is 3.50. The molecule has 12 heavy (non-hydrogen) atoms. The second kappa shape index (κ2) is 6.23. The van der Waals surface area contributed by atoms with Crippen molar-refractivity contribution in [1.29, 1.82) is 0 Å². The van der Waals surface area contributed by atoms with Gasteiger partial charge in [-0.1, -0.05) is 20.8 Å². The molecular formula is C9H20N2S. The molecule has 1 N–H and O–H groups in total. The number of nitrogens with one attached hydrogen (secondary N) is 1. The van der Waals surface area contributed by atoms with Crippen LogP contribution in [0.3, 0.4) is 0 Å². The van der Waals surface area contributed by atoms with E-state index in [1.165, 1.54) is 0 Å². The SMILES string of the molecule is CCCN(C)C(=S)NCC(C)C. The van der Waals surface area contributed by atoms with Crippen LogP contribution in [0.1, 0.15) is 27.2 Å². The molecule has 0 spiro atoms. The molecule has 0 amide bonds. The van der Waals surface area contributed by atoms with Crippen LogP contribution in [0.5, 0.6) is 0 Å². The standard InChI is InChI=1S/C9H20N2S/c1-5-6-11(4)9(12)10-7-8(2)3/h8H,5-7H2,1-4H3,(H,10,12). The summed E-state index contributed by atoms with van der Waals surface area (Å²) < 4.78 is 0. The minimum Gasteiger partial charge on any atom is -0.362 e. The van der Waals surface area contributed by atoms with Gasteiger partial charge in [-0.3, -0.25) is 0 Å². The number of hydrogen-bond donors (Lipinski definition) is 1. The molecule has 0 aromatic rings. The zero-order chi connectivity index (χ0) is 9.56. The molecule has 0 atom stereocenters. The first-order valence-corrected chi connectivity index (χ1v) is 4.97. The molecule has 0 heterocycles. The lowest BCUT2D eigenvalue weighted by molar-refractivity contribution is 0.481. The number of hydrogen-bond acceptors (Lipinski definition) is 1. The Morgan fingerprint density at radius 3 is 2.50 bits per heavy atom. The molecule has 0 bridgehead atoms. The Balaban J connectivity index is 3.57. The number of thiocarbonyl (C=S) groups is 1. The molecule has 0 aromatic carbocycles. The van der Waals surface area contributed by atoms with Crippen molar-refractivity contribution in [3.63, 3.8) is 0 Å². The molecule has 3 heteroatoms. The number of nitrogens with zero attached hydrogens (tertiary/aromatic N) is 1. The van der Waals surface area contributed by atoms with Crippen LogP contribution in [0.4, 0.5) is 0 Å². The van der Waals surface area contributed by atoms with Gasteiger partial charge in [0.2, 0.25) is 0 Å². The minimum absolute atomic E-state index is 0.651. The third-order valence-corrected chi connectivity index (χ3v) is 2.02. The van der Waals surface area contributed by atoms with Crippen molar-refractivity contribution in [3.8, 4) is 0 Å². The molecule has 0 fully saturated rings. The lowest BCUT2D eigenvalue weighted by atomic mass is 10.2. The van der Waals surface area contributed by atoms with E-state index < -0.39 is 0 Å². The highest BCUT2D eigenvalue weighted by Gasteiger charge is 2.02. The van der Waals surface area contributed by atoms with E-state index in [2.05, 4.69) is 31.0 Å². The monoisotopic (exact) mass is 188 g/mol. The van der Waals surface area contributed by atoms with Gasteiger partial charge in [0, 0.05) is 20.1 Å². The summed E-state index contributed by atoms with van der Waals surface area (Å²) in [6.45, 7) is 8.50. The molecule has 0 aliphatic heterocycles. The minimum atomic E-state index is 0.651. The summed E-state index contributed by atoms with van der Waals surface area (Å²) in [7, 11) is 2.03. The lowest BCUT2D eigenvalue weighted by Gasteiger charge is -2.20. The average Bonchev–Trinajstić information content (AvgIpc) is 2.00. The predicted octanol–water partition coefficient (Wildman–Crippen LogP) is 1.86. The van der Waals surface area contributed by atoms with Crippen molar-refractivity contribution in [1.82, 2.24) is 10.2 Å². The zero-order valence-electron chi connectivity index (χ0n) is 8.55. The van der Waals surface area contributed by atoms with Crippen LogP contribution in [0.2, 0.25) is 0 Å². The van der Waals surface area contributed by atoms with Crippen LogP contribution in [0, 0.1) is 5.92 Å². The third-order valence-electron chi connectivity index (χ3n) is 1.57. The van der Waals surface area contributed by atoms with Crippen molar-refractivity contribution in [2.24, 2.45) is 5.92 Å². The lowest BCUT2D eigenvalue weighted by Crippen LogP contribution is -2.38. The summed E-state index contributed by atoms with van der Waals surface area (Å²) in [6, 6.07) is 0. The summed E-state index contributed by atoms with van der Waals surface area (Å²) in [5.41, 5.74) is 0. The van der Waals surface area contributed by atoms with E-state index in [0.717, 1.165) is 24.6 Å². The maximum atomic E-state index is 5.18. The Bertz CT molecular complexity index is 134. The van der Waals surface area contributed by atoms with Crippen molar-refractivity contribution in [2.75, 3.05) is 20.1 Å². The highest BCUT2D eigenvalue weighted by atomic mass is 32.1. The van der Waals surface area contributed by atoms with E-state index in [-0.39, 0.29) is 0 Å². The third kappa shape index (κ3) is 5.35. The molecule has 72 valence electrons. The van der Waals surface area contributed by atoms with Gasteiger partial charge in [0.1, 0.15) is 0 Å². The Hall–Kier alpha value is -0.310. The smallest absolute Gasteiger partial charge is 0.168 e. The molecule has 0 radical (unpaired) electrons. The summed E-state index contributed by atoms with van der Waals surface area (Å²) >= 11 is 5.18. The van der Waals surface area contributed by atoms with Crippen LogP contribution < -0.4 is 5.32 Å². The molecule has 0 unspecified atom stereocenters. The Kier molecular flexibility index (Phi) is 6.07. The fraction of sp³-hybridized carbons (Fsp3) is 0.889. The highest BCUT2D eigenvalue weighted by molar-refractivity contribution is 7.80. The second-order valence-corrected chi connectivity index (χ2v) is 3.89. The topological polar surface area (TPSA) is 15.3 Å². The summed E-state index contributed by atoms with van der Waals surface area (Å²) in [5, 5.41) is 4.09. The maximum Gasteiger partial charge on any atom is 0.168 e. The summed E-state index contributed by atoms with van der Waals surface area (Å²) in [6.07, 6.45) is 1.14. The van der Waals surface area contributed by atoms with Gasteiger partial charge in [-0.05, 0) is 24.6 Å². The molecular weight excluding hydrogens is 168 g/mol. The molecule has 0 saturated carbocycles. The van der Waals surface area contributed by atoms with E-state index in [9.17, 15) is 0 Å². The Morgan fingerprint density at radius 1 is 1.50 bits per heavy atom. The maximum absolute atomic E-state index is 5.18. The first-order valence-electron chi connectivity index (χ1n) is 4.56. The van der Waals surface area contributed by atoms with Crippen molar-refractivity contribution in [3.05, 3.63) is 0 Å². The fourth-order valence-electron chi connectivity index (χ4n) is 0.863. The first kappa shape index (κ1) is 11.7. The number of rotatable bonds is 4. The quantitative estimate of drug-likeness (QED) is 0.678. The van der Waals surface area contributed by atoms with Gasteiger partial charge in [-0.2, -0.15) is 0 Å². The normalized spacial score (nSPS) is 10.1. The average molecular weight is 188 g/mol. The summed E-state index contributed by atoms with van der Waals surface area (Å²) in [4.78, 5) is 2.08. The molecule has 0 aliphatic carbocycles. The first-order chi connectivity index (χ1) is 5.57. The molecule has 0 aromatic heterocycles. The van der Waals surface area contributed by atoms with Crippen LogP contribution >= 0.6 is 12.2 Å². The Labute approximate surface area is 81.3 Å². The highest BCUT2D eigenvalue weighted by Crippen LogP contribution is 1.91.